The first kappa shape index (κ1) is 13.2. The lowest BCUT2D eigenvalue weighted by molar-refractivity contribution is -0.121. The number of carbonyl (C=O) groups excluding carboxylic acids is 1. The number of hydrogen-bond acceptors (Lipinski definition) is 3. The van der Waals surface area contributed by atoms with Crippen molar-refractivity contribution in [1.82, 2.24) is 5.32 Å². The predicted molar refractivity (Wildman–Crippen MR) is 74.6 cm³/mol. The van der Waals surface area contributed by atoms with Crippen LogP contribution in [0.25, 0.3) is 0 Å². The highest BCUT2D eigenvalue weighted by atomic mass is 16.3. The molecule has 1 heterocycles. The molecule has 0 saturated carbocycles. The summed E-state index contributed by atoms with van der Waals surface area (Å²) >= 11 is 0. The Balaban J connectivity index is 1.84. The van der Waals surface area contributed by atoms with Gasteiger partial charge in [-0.2, -0.15) is 0 Å². The van der Waals surface area contributed by atoms with Crippen molar-refractivity contribution in [1.29, 1.82) is 0 Å². The maximum Gasteiger partial charge on any atom is 0.224 e. The van der Waals surface area contributed by atoms with Crippen LogP contribution >= 0.6 is 0 Å². The molecule has 19 heavy (non-hydrogen) atoms. The minimum atomic E-state index is -0.00958. The first-order valence-corrected chi connectivity index (χ1v) is 6.29. The lowest BCUT2D eigenvalue weighted by Crippen LogP contribution is -2.35. The van der Waals surface area contributed by atoms with Crippen LogP contribution in [0.15, 0.2) is 47.1 Å². The summed E-state index contributed by atoms with van der Waals surface area (Å²) in [5.74, 6) is 0.862. The average molecular weight is 258 g/mol. The molecule has 1 aromatic heterocycles. The van der Waals surface area contributed by atoms with E-state index >= 15 is 0 Å². The molecule has 0 saturated heterocycles. The van der Waals surface area contributed by atoms with Gasteiger partial charge in [-0.05, 0) is 36.8 Å². The Labute approximate surface area is 112 Å². The molecule has 1 unspecified atom stereocenters. The summed E-state index contributed by atoms with van der Waals surface area (Å²) in [6.45, 7) is 1.96. The largest absolute Gasteiger partial charge is 0.469 e. The number of nitrogen functional groups attached to an aromatic ring is 1. The molecule has 1 amide bonds. The Morgan fingerprint density at radius 2 is 2.21 bits per heavy atom. The Morgan fingerprint density at radius 3 is 2.89 bits per heavy atom. The summed E-state index contributed by atoms with van der Waals surface area (Å²) in [7, 11) is 0. The van der Waals surface area contributed by atoms with E-state index in [9.17, 15) is 4.79 Å². The molecule has 0 radical (unpaired) electrons. The number of benzene rings is 1. The summed E-state index contributed by atoms with van der Waals surface area (Å²) in [6.07, 6.45) is 2.67. The molecule has 0 aliphatic carbocycles. The summed E-state index contributed by atoms with van der Waals surface area (Å²) in [5, 5.41) is 2.95. The maximum absolute atomic E-state index is 11.9. The van der Waals surface area contributed by atoms with E-state index in [0.29, 0.717) is 18.5 Å². The van der Waals surface area contributed by atoms with Gasteiger partial charge in [0, 0.05) is 18.2 Å². The van der Waals surface area contributed by atoms with Gasteiger partial charge in [-0.3, -0.25) is 4.79 Å². The Hall–Kier alpha value is -2.23. The fourth-order valence-corrected chi connectivity index (χ4v) is 2.00. The zero-order chi connectivity index (χ0) is 13.7. The molecule has 4 nitrogen and oxygen atoms in total. The number of rotatable bonds is 5. The number of furan rings is 1. The predicted octanol–water partition coefficient (Wildman–Crippen LogP) is 2.15. The van der Waals surface area contributed by atoms with E-state index in [1.54, 1.807) is 12.3 Å². The first-order chi connectivity index (χ1) is 9.13. The minimum Gasteiger partial charge on any atom is -0.469 e. The molecule has 3 N–H and O–H groups in total. The van der Waals surface area contributed by atoms with Crippen LogP contribution in [0.1, 0.15) is 18.2 Å². The van der Waals surface area contributed by atoms with Crippen molar-refractivity contribution >= 4 is 11.6 Å². The number of nitrogens with one attached hydrogen (secondary N) is 1. The maximum atomic E-state index is 11.9. The summed E-state index contributed by atoms with van der Waals surface area (Å²) in [4.78, 5) is 11.9. The van der Waals surface area contributed by atoms with E-state index in [2.05, 4.69) is 5.32 Å². The third kappa shape index (κ3) is 4.17. The van der Waals surface area contributed by atoms with Gasteiger partial charge in [0.25, 0.3) is 0 Å². The molecule has 0 fully saturated rings. The Kier molecular flexibility index (Phi) is 4.23. The van der Waals surface area contributed by atoms with E-state index < -0.39 is 0 Å². The number of hydrogen-bond donors (Lipinski definition) is 2. The van der Waals surface area contributed by atoms with Gasteiger partial charge in [0.1, 0.15) is 5.76 Å². The highest BCUT2D eigenvalue weighted by Gasteiger charge is 2.10. The molecular weight excluding hydrogens is 240 g/mol. The zero-order valence-corrected chi connectivity index (χ0v) is 10.9. The highest BCUT2D eigenvalue weighted by molar-refractivity contribution is 5.79. The van der Waals surface area contributed by atoms with Crippen molar-refractivity contribution in [2.24, 2.45) is 0 Å². The fourth-order valence-electron chi connectivity index (χ4n) is 2.00. The summed E-state index contributed by atoms with van der Waals surface area (Å²) in [5.41, 5.74) is 7.28. The molecule has 100 valence electrons. The highest BCUT2D eigenvalue weighted by Crippen LogP contribution is 2.08. The van der Waals surface area contributed by atoms with Gasteiger partial charge < -0.3 is 15.5 Å². The number of anilines is 1. The molecule has 0 spiro atoms. The lowest BCUT2D eigenvalue weighted by Gasteiger charge is -2.12. The van der Waals surface area contributed by atoms with Crippen LogP contribution in [-0.2, 0) is 17.6 Å². The van der Waals surface area contributed by atoms with Gasteiger partial charge in [-0.1, -0.05) is 12.1 Å². The molecule has 1 aromatic carbocycles. The molecular formula is C15H18N2O2. The second-order valence-corrected chi connectivity index (χ2v) is 4.67. The van der Waals surface area contributed by atoms with Gasteiger partial charge in [0.15, 0.2) is 0 Å². The van der Waals surface area contributed by atoms with Gasteiger partial charge in [0.2, 0.25) is 5.91 Å². The van der Waals surface area contributed by atoms with Crippen LogP contribution < -0.4 is 11.1 Å². The topological polar surface area (TPSA) is 68.3 Å². The van der Waals surface area contributed by atoms with Gasteiger partial charge >= 0.3 is 0 Å². The van der Waals surface area contributed by atoms with Crippen molar-refractivity contribution in [3.63, 3.8) is 0 Å². The van der Waals surface area contributed by atoms with Gasteiger partial charge in [-0.25, -0.2) is 0 Å². The van der Waals surface area contributed by atoms with E-state index in [4.69, 9.17) is 10.2 Å². The van der Waals surface area contributed by atoms with E-state index in [1.165, 1.54) is 0 Å². The third-order valence-electron chi connectivity index (χ3n) is 2.81. The van der Waals surface area contributed by atoms with Crippen LogP contribution in [0.3, 0.4) is 0 Å². The second-order valence-electron chi connectivity index (χ2n) is 4.67. The zero-order valence-electron chi connectivity index (χ0n) is 10.9. The normalized spacial score (nSPS) is 12.1. The SMILES string of the molecule is CC(Cc1ccco1)NC(=O)Cc1cccc(N)c1. The number of carbonyl (C=O) groups is 1. The van der Waals surface area contributed by atoms with Crippen LogP contribution in [-0.4, -0.2) is 11.9 Å². The molecule has 1 atom stereocenters. The van der Waals surface area contributed by atoms with Gasteiger partial charge in [0.05, 0.1) is 12.7 Å². The summed E-state index contributed by atoms with van der Waals surface area (Å²) in [6, 6.07) is 11.2. The fraction of sp³-hybridized carbons (Fsp3) is 0.267. The minimum absolute atomic E-state index is 0.00958. The molecule has 2 rings (SSSR count). The molecule has 2 aromatic rings. The van der Waals surface area contributed by atoms with Gasteiger partial charge in [-0.15, -0.1) is 0 Å². The smallest absolute Gasteiger partial charge is 0.224 e. The van der Waals surface area contributed by atoms with Crippen molar-refractivity contribution in [2.75, 3.05) is 5.73 Å². The van der Waals surface area contributed by atoms with E-state index in [1.807, 2.05) is 37.3 Å². The lowest BCUT2D eigenvalue weighted by atomic mass is 10.1. The standard InChI is InChI=1S/C15H18N2O2/c1-11(8-14-6-3-7-19-14)17-15(18)10-12-4-2-5-13(16)9-12/h2-7,9,11H,8,10,16H2,1H3,(H,17,18). The molecule has 0 aliphatic heterocycles. The monoisotopic (exact) mass is 258 g/mol. The van der Waals surface area contributed by atoms with Crippen LogP contribution in [0.2, 0.25) is 0 Å². The summed E-state index contributed by atoms with van der Waals surface area (Å²) < 4.78 is 5.25. The number of amides is 1. The number of nitrogens with two attached hydrogens (primary N) is 1. The van der Waals surface area contributed by atoms with E-state index in [-0.39, 0.29) is 11.9 Å². The van der Waals surface area contributed by atoms with Crippen molar-refractivity contribution in [3.8, 4) is 0 Å². The molecule has 0 aliphatic rings. The molecule has 4 heteroatoms. The van der Waals surface area contributed by atoms with Crippen molar-refractivity contribution < 1.29 is 9.21 Å². The van der Waals surface area contributed by atoms with Crippen molar-refractivity contribution in [3.05, 3.63) is 54.0 Å². The van der Waals surface area contributed by atoms with Crippen LogP contribution in [0.4, 0.5) is 5.69 Å². The average Bonchev–Trinajstić information content (AvgIpc) is 2.81. The third-order valence-corrected chi connectivity index (χ3v) is 2.81. The van der Waals surface area contributed by atoms with Crippen LogP contribution in [0, 0.1) is 0 Å². The van der Waals surface area contributed by atoms with Crippen molar-refractivity contribution in [2.45, 2.75) is 25.8 Å². The first-order valence-electron chi connectivity index (χ1n) is 6.29. The van der Waals surface area contributed by atoms with Crippen LogP contribution in [0.5, 0.6) is 0 Å². The Morgan fingerprint density at radius 1 is 1.37 bits per heavy atom. The second kappa shape index (κ2) is 6.09. The Bertz CT molecular complexity index is 535. The molecule has 0 bridgehead atoms. The van der Waals surface area contributed by atoms with E-state index in [0.717, 1.165) is 11.3 Å². The quantitative estimate of drug-likeness (QED) is 0.807.